The van der Waals surface area contributed by atoms with E-state index in [9.17, 15) is 4.79 Å². The van der Waals surface area contributed by atoms with Gasteiger partial charge in [0.15, 0.2) is 11.0 Å². The van der Waals surface area contributed by atoms with Crippen molar-refractivity contribution >= 4 is 17.7 Å². The number of carbonyl (C=O) groups excluding carboxylic acids is 1. The third-order valence-corrected chi connectivity index (χ3v) is 5.37. The second-order valence-corrected chi connectivity index (χ2v) is 7.52. The number of benzene rings is 2. The third kappa shape index (κ3) is 5.16. The molecule has 0 fully saturated rings. The Morgan fingerprint density at radius 1 is 1.06 bits per heavy atom. The van der Waals surface area contributed by atoms with Gasteiger partial charge in [-0.2, -0.15) is 0 Å². The van der Waals surface area contributed by atoms with Crippen LogP contribution in [0.5, 0.6) is 5.75 Å². The minimum absolute atomic E-state index is 0.107. The van der Waals surface area contributed by atoms with E-state index in [0.717, 1.165) is 17.0 Å². The van der Waals surface area contributed by atoms with Gasteiger partial charge in [0.25, 0.3) is 0 Å². The smallest absolute Gasteiger partial charge is 0.230 e. The summed E-state index contributed by atoms with van der Waals surface area (Å²) in [6, 6.07) is 21.2. The Hall–Kier alpha value is -3.52. The predicted octanol–water partition coefficient (Wildman–Crippen LogP) is 4.33. The molecule has 0 spiro atoms. The van der Waals surface area contributed by atoms with E-state index in [1.807, 2.05) is 72.2 Å². The Balaban J connectivity index is 1.55. The molecule has 7 nitrogen and oxygen atoms in total. The molecule has 31 heavy (non-hydrogen) atoms. The maximum Gasteiger partial charge on any atom is 0.230 e. The number of thioether (sulfide) groups is 1. The van der Waals surface area contributed by atoms with E-state index in [1.165, 1.54) is 11.8 Å². The number of carbonyl (C=O) groups is 1. The molecule has 158 valence electrons. The zero-order valence-electron chi connectivity index (χ0n) is 17.0. The molecule has 8 heteroatoms. The zero-order chi connectivity index (χ0) is 21.5. The van der Waals surface area contributed by atoms with Crippen LogP contribution < -0.4 is 10.1 Å². The first-order valence-electron chi connectivity index (χ1n) is 9.90. The van der Waals surface area contributed by atoms with Crippen LogP contribution in [-0.4, -0.2) is 33.0 Å². The Morgan fingerprint density at radius 2 is 1.87 bits per heavy atom. The van der Waals surface area contributed by atoms with Crippen molar-refractivity contribution in [2.45, 2.75) is 18.6 Å². The van der Waals surface area contributed by atoms with Gasteiger partial charge >= 0.3 is 0 Å². The van der Waals surface area contributed by atoms with Gasteiger partial charge in [-0.3, -0.25) is 9.36 Å². The van der Waals surface area contributed by atoms with Crippen LogP contribution in [0.1, 0.15) is 12.7 Å². The molecule has 0 saturated carbocycles. The van der Waals surface area contributed by atoms with Crippen LogP contribution in [0.3, 0.4) is 0 Å². The average molecular weight is 435 g/mol. The highest BCUT2D eigenvalue weighted by Crippen LogP contribution is 2.28. The number of nitrogens with one attached hydrogen (secondary N) is 1. The monoisotopic (exact) mass is 434 g/mol. The minimum atomic E-state index is -0.107. The molecule has 0 aliphatic carbocycles. The Morgan fingerprint density at radius 3 is 2.58 bits per heavy atom. The van der Waals surface area contributed by atoms with Crippen molar-refractivity contribution in [2.75, 3.05) is 12.4 Å². The quantitative estimate of drug-likeness (QED) is 0.395. The largest absolute Gasteiger partial charge is 0.494 e. The standard InChI is InChI=1S/C23H22N4O3S/c1-2-29-19-12-10-18(11-13-19)27-22(17-7-4-3-5-8-17)25-26-23(27)31-16-21(28)24-15-20-9-6-14-30-20/h3-14H,2,15-16H2,1H3,(H,24,28). The summed E-state index contributed by atoms with van der Waals surface area (Å²) in [6.45, 7) is 2.91. The minimum Gasteiger partial charge on any atom is -0.494 e. The molecule has 0 aliphatic rings. The summed E-state index contributed by atoms with van der Waals surface area (Å²) >= 11 is 1.33. The number of nitrogens with zero attached hydrogens (tertiary/aromatic N) is 3. The van der Waals surface area contributed by atoms with Gasteiger partial charge < -0.3 is 14.5 Å². The highest BCUT2D eigenvalue weighted by atomic mass is 32.2. The second kappa shape index (κ2) is 9.99. The van der Waals surface area contributed by atoms with Gasteiger partial charge in [0, 0.05) is 11.3 Å². The van der Waals surface area contributed by atoms with E-state index in [0.29, 0.717) is 29.9 Å². The number of ether oxygens (including phenoxy) is 1. The van der Waals surface area contributed by atoms with Crippen molar-refractivity contribution in [2.24, 2.45) is 0 Å². The topological polar surface area (TPSA) is 82.2 Å². The van der Waals surface area contributed by atoms with Gasteiger partial charge in [-0.05, 0) is 43.3 Å². The zero-order valence-corrected chi connectivity index (χ0v) is 17.8. The van der Waals surface area contributed by atoms with E-state index < -0.39 is 0 Å². The molecule has 2 heterocycles. The SMILES string of the molecule is CCOc1ccc(-n2c(SCC(=O)NCc3ccco3)nnc2-c2ccccc2)cc1. The Bertz CT molecular complexity index is 1110. The first-order valence-corrected chi connectivity index (χ1v) is 10.9. The van der Waals surface area contributed by atoms with Crippen LogP contribution in [0.15, 0.2) is 82.6 Å². The molecule has 0 aliphatic heterocycles. The van der Waals surface area contributed by atoms with Crippen molar-refractivity contribution in [3.05, 3.63) is 78.8 Å². The molecule has 1 amide bonds. The van der Waals surface area contributed by atoms with Gasteiger partial charge in [0.1, 0.15) is 11.5 Å². The van der Waals surface area contributed by atoms with Gasteiger partial charge in [-0.15, -0.1) is 10.2 Å². The van der Waals surface area contributed by atoms with Crippen LogP contribution >= 0.6 is 11.8 Å². The molecule has 0 bridgehead atoms. The fraction of sp³-hybridized carbons (Fsp3) is 0.174. The number of furan rings is 1. The van der Waals surface area contributed by atoms with E-state index in [2.05, 4.69) is 15.5 Å². The van der Waals surface area contributed by atoms with Crippen molar-refractivity contribution in [3.8, 4) is 22.8 Å². The number of amides is 1. The van der Waals surface area contributed by atoms with Gasteiger partial charge in [0.05, 0.1) is 25.2 Å². The lowest BCUT2D eigenvalue weighted by atomic mass is 10.2. The molecule has 4 aromatic rings. The Labute approximate surface area is 184 Å². The van der Waals surface area contributed by atoms with Crippen molar-refractivity contribution in [1.82, 2.24) is 20.1 Å². The lowest BCUT2D eigenvalue weighted by molar-refractivity contribution is -0.118. The summed E-state index contributed by atoms with van der Waals surface area (Å²) in [5.41, 5.74) is 1.84. The second-order valence-electron chi connectivity index (χ2n) is 6.58. The van der Waals surface area contributed by atoms with Gasteiger partial charge in [-0.25, -0.2) is 0 Å². The fourth-order valence-corrected chi connectivity index (χ4v) is 3.79. The molecule has 0 radical (unpaired) electrons. The molecule has 2 aromatic carbocycles. The normalized spacial score (nSPS) is 10.7. The lowest BCUT2D eigenvalue weighted by Gasteiger charge is -2.11. The number of aromatic nitrogens is 3. The summed E-state index contributed by atoms with van der Waals surface area (Å²) in [5, 5.41) is 12.2. The molecular weight excluding hydrogens is 412 g/mol. The molecular formula is C23H22N4O3S. The van der Waals surface area contributed by atoms with Crippen LogP contribution in [0.4, 0.5) is 0 Å². The van der Waals surface area contributed by atoms with Crippen LogP contribution in [-0.2, 0) is 11.3 Å². The van der Waals surface area contributed by atoms with Crippen LogP contribution in [0, 0.1) is 0 Å². The highest BCUT2D eigenvalue weighted by molar-refractivity contribution is 7.99. The van der Waals surface area contributed by atoms with Crippen LogP contribution in [0.2, 0.25) is 0 Å². The van der Waals surface area contributed by atoms with E-state index in [1.54, 1.807) is 12.3 Å². The van der Waals surface area contributed by atoms with Crippen molar-refractivity contribution in [3.63, 3.8) is 0 Å². The average Bonchev–Trinajstić information content (AvgIpc) is 3.48. The summed E-state index contributed by atoms with van der Waals surface area (Å²) in [5.74, 6) is 2.33. The molecule has 0 unspecified atom stereocenters. The maximum atomic E-state index is 12.3. The van der Waals surface area contributed by atoms with E-state index >= 15 is 0 Å². The summed E-state index contributed by atoms with van der Waals surface area (Å²) in [6.07, 6.45) is 1.58. The van der Waals surface area contributed by atoms with E-state index in [-0.39, 0.29) is 11.7 Å². The van der Waals surface area contributed by atoms with Gasteiger partial charge in [-0.1, -0.05) is 42.1 Å². The third-order valence-electron chi connectivity index (χ3n) is 4.44. The first-order chi connectivity index (χ1) is 15.2. The number of rotatable bonds is 9. The molecule has 1 N–H and O–H groups in total. The summed E-state index contributed by atoms with van der Waals surface area (Å²) < 4.78 is 12.8. The lowest BCUT2D eigenvalue weighted by Crippen LogP contribution is -2.24. The van der Waals surface area contributed by atoms with Gasteiger partial charge in [0.2, 0.25) is 5.91 Å². The molecule has 0 saturated heterocycles. The first kappa shape index (κ1) is 20.7. The maximum absolute atomic E-state index is 12.3. The van der Waals surface area contributed by atoms with Crippen LogP contribution in [0.25, 0.3) is 17.1 Å². The fourth-order valence-electron chi connectivity index (χ4n) is 3.01. The van der Waals surface area contributed by atoms with Crippen molar-refractivity contribution < 1.29 is 13.9 Å². The Kier molecular flexibility index (Phi) is 6.68. The summed E-state index contributed by atoms with van der Waals surface area (Å²) in [7, 11) is 0. The summed E-state index contributed by atoms with van der Waals surface area (Å²) in [4.78, 5) is 12.3. The predicted molar refractivity (Wildman–Crippen MR) is 119 cm³/mol. The van der Waals surface area contributed by atoms with E-state index in [4.69, 9.17) is 9.15 Å². The molecule has 0 atom stereocenters. The number of hydrogen-bond acceptors (Lipinski definition) is 6. The number of hydrogen-bond donors (Lipinski definition) is 1. The highest BCUT2D eigenvalue weighted by Gasteiger charge is 2.17. The van der Waals surface area contributed by atoms with Crippen molar-refractivity contribution in [1.29, 1.82) is 0 Å². The molecule has 2 aromatic heterocycles. The molecule has 4 rings (SSSR count).